The maximum Gasteiger partial charge on any atom is 0.0825 e. The van der Waals surface area contributed by atoms with Gasteiger partial charge in [0.1, 0.15) is 0 Å². The van der Waals surface area contributed by atoms with Crippen LogP contribution in [0.5, 0.6) is 0 Å². The van der Waals surface area contributed by atoms with E-state index in [1.54, 1.807) is 0 Å². The highest BCUT2D eigenvalue weighted by Gasteiger charge is 2.24. The largest absolute Gasteiger partial charge is 0.400 e. The SMILES string of the molecule is CC[Si](CC)(CC)CO. The maximum absolute atomic E-state index is 9.04. The molecular weight excluding hydrogens is 128 g/mol. The summed E-state index contributed by atoms with van der Waals surface area (Å²) in [6, 6.07) is 3.70. The van der Waals surface area contributed by atoms with Crippen molar-refractivity contribution in [1.82, 2.24) is 0 Å². The molecule has 0 heterocycles. The molecule has 1 nitrogen and oxygen atoms in total. The molecule has 0 spiro atoms. The molecule has 0 amide bonds. The summed E-state index contributed by atoms with van der Waals surface area (Å²) >= 11 is 0. The Morgan fingerprint density at radius 1 is 1.00 bits per heavy atom. The van der Waals surface area contributed by atoms with Gasteiger partial charge in [0, 0.05) is 6.23 Å². The lowest BCUT2D eigenvalue weighted by Crippen LogP contribution is -2.36. The fraction of sp³-hybridized carbons (Fsp3) is 1.00. The molecule has 0 aromatic heterocycles. The summed E-state index contributed by atoms with van der Waals surface area (Å²) < 4.78 is 0. The third kappa shape index (κ3) is 2.10. The standard InChI is InChI=1S/C7H18OSi/c1-4-9(5-2,6-3)7-8/h8H,4-7H2,1-3H3. The lowest BCUT2D eigenvalue weighted by molar-refractivity contribution is 0.355. The molecule has 2 heteroatoms. The zero-order chi connectivity index (χ0) is 7.33. The monoisotopic (exact) mass is 146 g/mol. The smallest absolute Gasteiger partial charge is 0.0825 e. The number of aliphatic hydroxyl groups is 1. The fourth-order valence-corrected chi connectivity index (χ4v) is 3.26. The second kappa shape index (κ2) is 4.07. The average molecular weight is 146 g/mol. The van der Waals surface area contributed by atoms with Crippen LogP contribution in [0, 0.1) is 0 Å². The minimum Gasteiger partial charge on any atom is -0.400 e. The van der Waals surface area contributed by atoms with Crippen LogP contribution in [0.3, 0.4) is 0 Å². The highest BCUT2D eigenvalue weighted by atomic mass is 28.3. The summed E-state index contributed by atoms with van der Waals surface area (Å²) in [7, 11) is -1.14. The molecule has 0 aromatic carbocycles. The molecule has 0 aromatic rings. The Kier molecular flexibility index (Phi) is 4.15. The zero-order valence-electron chi connectivity index (χ0n) is 6.78. The normalized spacial score (nSPS) is 12.0. The van der Waals surface area contributed by atoms with E-state index < -0.39 is 8.07 Å². The van der Waals surface area contributed by atoms with Crippen molar-refractivity contribution in [3.63, 3.8) is 0 Å². The summed E-state index contributed by atoms with van der Waals surface area (Å²) in [4.78, 5) is 0. The summed E-state index contributed by atoms with van der Waals surface area (Å²) in [5, 5.41) is 9.04. The van der Waals surface area contributed by atoms with E-state index in [1.807, 2.05) is 0 Å². The van der Waals surface area contributed by atoms with Crippen LogP contribution < -0.4 is 0 Å². The first-order valence-electron chi connectivity index (χ1n) is 3.85. The molecule has 0 bridgehead atoms. The maximum atomic E-state index is 9.04. The van der Waals surface area contributed by atoms with Crippen molar-refractivity contribution in [3.8, 4) is 0 Å². The first-order chi connectivity index (χ1) is 4.24. The molecule has 1 N–H and O–H groups in total. The first-order valence-corrected chi connectivity index (χ1v) is 6.68. The quantitative estimate of drug-likeness (QED) is 0.602. The van der Waals surface area contributed by atoms with Gasteiger partial charge in [-0.05, 0) is 0 Å². The summed E-state index contributed by atoms with van der Waals surface area (Å²) in [6.07, 6.45) is 0.483. The van der Waals surface area contributed by atoms with Crippen molar-refractivity contribution in [2.45, 2.75) is 38.9 Å². The number of hydrogen-bond donors (Lipinski definition) is 1. The molecular formula is C7H18OSi. The molecule has 0 unspecified atom stereocenters. The fourth-order valence-electron chi connectivity index (χ4n) is 1.09. The molecule has 0 fully saturated rings. The van der Waals surface area contributed by atoms with Crippen LogP contribution in [-0.2, 0) is 0 Å². The lowest BCUT2D eigenvalue weighted by atomic mass is 10.9. The van der Waals surface area contributed by atoms with Gasteiger partial charge in [-0.1, -0.05) is 38.9 Å². The van der Waals surface area contributed by atoms with Gasteiger partial charge >= 0.3 is 0 Å². The van der Waals surface area contributed by atoms with Gasteiger partial charge in [0.15, 0.2) is 0 Å². The van der Waals surface area contributed by atoms with Gasteiger partial charge in [0.25, 0.3) is 0 Å². The Morgan fingerprint density at radius 2 is 1.33 bits per heavy atom. The molecule has 0 aliphatic rings. The van der Waals surface area contributed by atoms with Crippen molar-refractivity contribution in [2.75, 3.05) is 6.23 Å². The summed E-state index contributed by atoms with van der Waals surface area (Å²) in [5.41, 5.74) is 0. The molecule has 9 heavy (non-hydrogen) atoms. The van der Waals surface area contributed by atoms with Gasteiger partial charge in [-0.3, -0.25) is 0 Å². The van der Waals surface area contributed by atoms with E-state index in [-0.39, 0.29) is 0 Å². The molecule has 0 aliphatic carbocycles. The lowest BCUT2D eigenvalue weighted by Gasteiger charge is -2.24. The van der Waals surface area contributed by atoms with Crippen molar-refractivity contribution < 1.29 is 5.11 Å². The van der Waals surface area contributed by atoms with E-state index in [0.717, 1.165) is 0 Å². The summed E-state index contributed by atoms with van der Waals surface area (Å²) in [5.74, 6) is 0. The van der Waals surface area contributed by atoms with E-state index in [0.29, 0.717) is 6.23 Å². The van der Waals surface area contributed by atoms with Crippen LogP contribution in [0.4, 0.5) is 0 Å². The zero-order valence-corrected chi connectivity index (χ0v) is 7.78. The van der Waals surface area contributed by atoms with E-state index in [1.165, 1.54) is 18.1 Å². The second-order valence-electron chi connectivity index (χ2n) is 2.72. The van der Waals surface area contributed by atoms with Gasteiger partial charge < -0.3 is 5.11 Å². The Balaban J connectivity index is 3.82. The third-order valence-corrected chi connectivity index (χ3v) is 7.76. The van der Waals surface area contributed by atoms with Crippen molar-refractivity contribution in [3.05, 3.63) is 0 Å². The number of hydrogen-bond acceptors (Lipinski definition) is 1. The molecule has 0 rings (SSSR count). The van der Waals surface area contributed by atoms with Gasteiger partial charge in [0.2, 0.25) is 0 Å². The van der Waals surface area contributed by atoms with Crippen molar-refractivity contribution in [2.24, 2.45) is 0 Å². The molecule has 0 radical (unpaired) electrons. The highest BCUT2D eigenvalue weighted by Crippen LogP contribution is 2.18. The van der Waals surface area contributed by atoms with Crippen LogP contribution >= 0.6 is 0 Å². The molecule has 56 valence electrons. The van der Waals surface area contributed by atoms with E-state index in [2.05, 4.69) is 20.8 Å². The topological polar surface area (TPSA) is 20.2 Å². The Hall–Kier alpha value is 0.177. The predicted octanol–water partition coefficient (Wildman–Crippen LogP) is 2.03. The van der Waals surface area contributed by atoms with Crippen molar-refractivity contribution in [1.29, 1.82) is 0 Å². The first kappa shape index (κ1) is 9.18. The third-order valence-electron chi connectivity index (χ3n) is 2.59. The van der Waals surface area contributed by atoms with Crippen LogP contribution in [0.15, 0.2) is 0 Å². The van der Waals surface area contributed by atoms with Gasteiger partial charge in [-0.15, -0.1) is 0 Å². The minimum atomic E-state index is -1.14. The van der Waals surface area contributed by atoms with Crippen LogP contribution in [-0.4, -0.2) is 19.4 Å². The van der Waals surface area contributed by atoms with Gasteiger partial charge in [0.05, 0.1) is 8.07 Å². The van der Waals surface area contributed by atoms with E-state index in [4.69, 9.17) is 5.11 Å². The van der Waals surface area contributed by atoms with Gasteiger partial charge in [-0.2, -0.15) is 0 Å². The van der Waals surface area contributed by atoms with Gasteiger partial charge in [-0.25, -0.2) is 0 Å². The van der Waals surface area contributed by atoms with Crippen LogP contribution in [0.1, 0.15) is 20.8 Å². The van der Waals surface area contributed by atoms with E-state index >= 15 is 0 Å². The Bertz CT molecular complexity index is 51.8. The molecule has 0 saturated heterocycles. The average Bonchev–Trinajstić information content (AvgIpc) is 1.95. The Morgan fingerprint density at radius 3 is 1.33 bits per heavy atom. The summed E-state index contributed by atoms with van der Waals surface area (Å²) in [6.45, 7) is 6.61. The van der Waals surface area contributed by atoms with Crippen molar-refractivity contribution >= 4 is 8.07 Å². The second-order valence-corrected chi connectivity index (χ2v) is 8.16. The number of rotatable bonds is 4. The van der Waals surface area contributed by atoms with Crippen LogP contribution in [0.2, 0.25) is 18.1 Å². The highest BCUT2D eigenvalue weighted by molar-refractivity contribution is 6.79. The molecule has 0 saturated carbocycles. The molecule has 0 aliphatic heterocycles. The number of aliphatic hydroxyl groups excluding tert-OH is 1. The van der Waals surface area contributed by atoms with Crippen LogP contribution in [0.25, 0.3) is 0 Å². The molecule has 0 atom stereocenters. The predicted molar refractivity (Wildman–Crippen MR) is 44.3 cm³/mol. The minimum absolute atomic E-state index is 0.483. The van der Waals surface area contributed by atoms with E-state index in [9.17, 15) is 0 Å². The Labute approximate surface area is 59.1 Å².